The maximum Gasteiger partial charge on any atom is 0.130 e. The maximum atomic E-state index is 8.99. The zero-order chi connectivity index (χ0) is 14.4. The van der Waals surface area contributed by atoms with Crippen molar-refractivity contribution in [1.29, 1.82) is 5.26 Å². The molecule has 0 saturated heterocycles. The molecule has 0 amide bonds. The van der Waals surface area contributed by atoms with Crippen LogP contribution in [0.2, 0.25) is 0 Å². The van der Waals surface area contributed by atoms with E-state index in [0.29, 0.717) is 12.1 Å². The quantitative estimate of drug-likeness (QED) is 0.845. The summed E-state index contributed by atoms with van der Waals surface area (Å²) >= 11 is 0. The number of nitrogen functional groups attached to an aromatic ring is 1. The summed E-state index contributed by atoms with van der Waals surface area (Å²) < 4.78 is 0. The summed E-state index contributed by atoms with van der Waals surface area (Å²) in [5, 5.41) is 8.99. The van der Waals surface area contributed by atoms with Crippen LogP contribution in [0.5, 0.6) is 0 Å². The van der Waals surface area contributed by atoms with E-state index in [4.69, 9.17) is 11.0 Å². The van der Waals surface area contributed by atoms with Crippen LogP contribution in [0, 0.1) is 11.3 Å². The van der Waals surface area contributed by atoms with Gasteiger partial charge in [-0.15, -0.1) is 0 Å². The van der Waals surface area contributed by atoms with Gasteiger partial charge in [0.25, 0.3) is 0 Å². The Labute approximate surface area is 119 Å². The second-order valence-corrected chi connectivity index (χ2v) is 4.63. The Morgan fingerprint density at radius 1 is 1.30 bits per heavy atom. The summed E-state index contributed by atoms with van der Waals surface area (Å²) in [6.45, 7) is 3.69. The van der Waals surface area contributed by atoms with Crippen LogP contribution in [0.3, 0.4) is 0 Å². The molecule has 0 aliphatic rings. The van der Waals surface area contributed by atoms with E-state index in [1.54, 1.807) is 12.3 Å². The minimum Gasteiger partial charge on any atom is -0.398 e. The van der Waals surface area contributed by atoms with Crippen LogP contribution >= 0.6 is 0 Å². The monoisotopic (exact) mass is 266 g/mol. The molecule has 0 bridgehead atoms. The van der Waals surface area contributed by atoms with E-state index < -0.39 is 0 Å². The van der Waals surface area contributed by atoms with Crippen molar-refractivity contribution in [3.63, 3.8) is 0 Å². The Morgan fingerprint density at radius 2 is 2.10 bits per heavy atom. The number of nitrogens with two attached hydrogens (primary N) is 1. The molecular formula is C16H18N4. The number of hydrogen-bond acceptors (Lipinski definition) is 4. The van der Waals surface area contributed by atoms with Crippen LogP contribution in [0.15, 0.2) is 42.6 Å². The second kappa shape index (κ2) is 6.58. The van der Waals surface area contributed by atoms with Crippen LogP contribution < -0.4 is 10.6 Å². The molecule has 0 aliphatic heterocycles. The van der Waals surface area contributed by atoms with E-state index in [1.807, 2.05) is 30.3 Å². The van der Waals surface area contributed by atoms with E-state index in [1.165, 1.54) is 0 Å². The first-order chi connectivity index (χ1) is 9.74. The Morgan fingerprint density at radius 3 is 2.80 bits per heavy atom. The zero-order valence-electron chi connectivity index (χ0n) is 11.6. The number of pyridine rings is 1. The first-order valence-electron chi connectivity index (χ1n) is 6.69. The largest absolute Gasteiger partial charge is 0.398 e. The van der Waals surface area contributed by atoms with Crippen LogP contribution in [0.4, 0.5) is 11.5 Å². The van der Waals surface area contributed by atoms with Crippen molar-refractivity contribution >= 4 is 11.5 Å². The molecule has 20 heavy (non-hydrogen) atoms. The van der Waals surface area contributed by atoms with Crippen molar-refractivity contribution in [2.75, 3.05) is 17.2 Å². The molecule has 0 fully saturated rings. The SMILES string of the molecule is CCCN(Cc1ccccc1N)c1cc(C#N)ccn1. The Hall–Kier alpha value is -2.54. The normalized spacial score (nSPS) is 10.0. The summed E-state index contributed by atoms with van der Waals surface area (Å²) in [6, 6.07) is 13.5. The van der Waals surface area contributed by atoms with Gasteiger partial charge in [0.1, 0.15) is 5.82 Å². The van der Waals surface area contributed by atoms with Gasteiger partial charge >= 0.3 is 0 Å². The predicted molar refractivity (Wildman–Crippen MR) is 81.1 cm³/mol. The fraction of sp³-hybridized carbons (Fsp3) is 0.250. The number of para-hydroxylation sites is 1. The van der Waals surface area contributed by atoms with Gasteiger partial charge in [0.05, 0.1) is 11.6 Å². The molecule has 0 unspecified atom stereocenters. The van der Waals surface area contributed by atoms with Crippen LogP contribution in [-0.4, -0.2) is 11.5 Å². The number of benzene rings is 1. The molecule has 1 heterocycles. The molecule has 0 aliphatic carbocycles. The third-order valence-corrected chi connectivity index (χ3v) is 3.11. The highest BCUT2D eigenvalue weighted by Crippen LogP contribution is 2.19. The summed E-state index contributed by atoms with van der Waals surface area (Å²) in [7, 11) is 0. The molecule has 0 atom stereocenters. The molecule has 4 heteroatoms. The molecule has 1 aromatic heterocycles. The van der Waals surface area contributed by atoms with Gasteiger partial charge < -0.3 is 10.6 Å². The van der Waals surface area contributed by atoms with E-state index in [9.17, 15) is 0 Å². The minimum absolute atomic E-state index is 0.622. The van der Waals surface area contributed by atoms with Gasteiger partial charge in [-0.1, -0.05) is 25.1 Å². The summed E-state index contributed by atoms with van der Waals surface area (Å²) in [5.41, 5.74) is 8.48. The lowest BCUT2D eigenvalue weighted by Crippen LogP contribution is -2.25. The molecule has 2 aromatic rings. The van der Waals surface area contributed by atoms with Gasteiger partial charge in [-0.3, -0.25) is 0 Å². The summed E-state index contributed by atoms with van der Waals surface area (Å²) in [4.78, 5) is 6.51. The molecule has 0 spiro atoms. The molecular weight excluding hydrogens is 248 g/mol. The number of aromatic nitrogens is 1. The smallest absolute Gasteiger partial charge is 0.130 e. The van der Waals surface area contributed by atoms with E-state index in [2.05, 4.69) is 22.9 Å². The lowest BCUT2D eigenvalue weighted by molar-refractivity contribution is 0.755. The van der Waals surface area contributed by atoms with Gasteiger partial charge in [-0.2, -0.15) is 5.26 Å². The predicted octanol–water partition coefficient (Wildman–Crippen LogP) is 2.95. The van der Waals surface area contributed by atoms with Crippen molar-refractivity contribution in [3.8, 4) is 6.07 Å². The van der Waals surface area contributed by atoms with Gasteiger partial charge in [0.2, 0.25) is 0 Å². The van der Waals surface area contributed by atoms with Crippen molar-refractivity contribution in [2.24, 2.45) is 0 Å². The fourth-order valence-corrected chi connectivity index (χ4v) is 2.09. The molecule has 0 saturated carbocycles. The van der Waals surface area contributed by atoms with Crippen molar-refractivity contribution in [1.82, 2.24) is 4.98 Å². The molecule has 4 nitrogen and oxygen atoms in total. The Bertz CT molecular complexity index is 616. The number of nitrogens with zero attached hydrogens (tertiary/aromatic N) is 3. The third kappa shape index (κ3) is 3.27. The average molecular weight is 266 g/mol. The first kappa shape index (κ1) is 13.9. The zero-order valence-corrected chi connectivity index (χ0v) is 11.6. The van der Waals surface area contributed by atoms with E-state index >= 15 is 0 Å². The fourth-order valence-electron chi connectivity index (χ4n) is 2.09. The first-order valence-corrected chi connectivity index (χ1v) is 6.69. The van der Waals surface area contributed by atoms with Crippen molar-refractivity contribution in [2.45, 2.75) is 19.9 Å². The van der Waals surface area contributed by atoms with Crippen LogP contribution in [-0.2, 0) is 6.54 Å². The summed E-state index contributed by atoms with van der Waals surface area (Å²) in [5.74, 6) is 0.814. The van der Waals surface area contributed by atoms with Crippen molar-refractivity contribution < 1.29 is 0 Å². The Balaban J connectivity index is 2.27. The number of nitriles is 1. The van der Waals surface area contributed by atoms with Crippen molar-refractivity contribution in [3.05, 3.63) is 53.7 Å². The van der Waals surface area contributed by atoms with Gasteiger partial charge in [-0.05, 0) is 30.2 Å². The summed E-state index contributed by atoms with van der Waals surface area (Å²) in [6.07, 6.45) is 2.68. The van der Waals surface area contributed by atoms with Gasteiger partial charge in [0, 0.05) is 25.0 Å². The highest BCUT2D eigenvalue weighted by atomic mass is 15.2. The molecule has 1 aromatic carbocycles. The Kier molecular flexibility index (Phi) is 4.56. The van der Waals surface area contributed by atoms with E-state index in [0.717, 1.165) is 30.0 Å². The highest BCUT2D eigenvalue weighted by Gasteiger charge is 2.10. The van der Waals surface area contributed by atoms with Crippen LogP contribution in [0.1, 0.15) is 24.5 Å². The maximum absolute atomic E-state index is 8.99. The minimum atomic E-state index is 0.622. The molecule has 2 N–H and O–H groups in total. The third-order valence-electron chi connectivity index (χ3n) is 3.11. The number of anilines is 2. The van der Waals surface area contributed by atoms with Gasteiger partial charge in [-0.25, -0.2) is 4.98 Å². The topological polar surface area (TPSA) is 65.9 Å². The van der Waals surface area contributed by atoms with E-state index in [-0.39, 0.29) is 0 Å². The second-order valence-electron chi connectivity index (χ2n) is 4.63. The average Bonchev–Trinajstić information content (AvgIpc) is 2.49. The van der Waals surface area contributed by atoms with Crippen LogP contribution in [0.25, 0.3) is 0 Å². The number of hydrogen-bond donors (Lipinski definition) is 1. The standard InChI is InChI=1S/C16H18N4/c1-2-9-20(12-14-5-3-4-6-15(14)18)16-10-13(11-17)7-8-19-16/h3-8,10H,2,9,12,18H2,1H3. The molecule has 2 rings (SSSR count). The lowest BCUT2D eigenvalue weighted by atomic mass is 10.1. The lowest BCUT2D eigenvalue weighted by Gasteiger charge is -2.24. The highest BCUT2D eigenvalue weighted by molar-refractivity contribution is 5.51. The molecule has 0 radical (unpaired) electrons. The number of rotatable bonds is 5. The molecule has 102 valence electrons. The van der Waals surface area contributed by atoms with Gasteiger partial charge in [0.15, 0.2) is 0 Å².